The molecule has 5 heterocycles. The van der Waals surface area contributed by atoms with Crippen LogP contribution < -0.4 is 5.32 Å². The van der Waals surface area contributed by atoms with Gasteiger partial charge >= 0.3 is 11.9 Å². The molecule has 0 aromatic heterocycles. The fraction of sp³-hybridized carbons (Fsp3) is 0.625. The minimum Gasteiger partial charge on any atom is -0.481 e. The van der Waals surface area contributed by atoms with Gasteiger partial charge in [-0.05, 0) is 13.0 Å². The van der Waals surface area contributed by atoms with E-state index in [2.05, 4.69) is 5.32 Å². The summed E-state index contributed by atoms with van der Waals surface area (Å²) in [6.45, 7) is 1.77. The minimum absolute atomic E-state index is 0.0871. The molecule has 5 rings (SSSR count). The lowest BCUT2D eigenvalue weighted by atomic mass is 9.83. The molecular weight excluding hydrogens is 606 g/mol. The smallest absolute Gasteiger partial charge is 0.330 e. The normalized spacial score (nSPS) is 48.7. The topological polar surface area (TPSA) is 227 Å². The van der Waals surface area contributed by atoms with Crippen molar-refractivity contribution in [3.8, 4) is 0 Å². The minimum atomic E-state index is -2.09. The van der Waals surface area contributed by atoms with Gasteiger partial charge in [0, 0.05) is 38.2 Å². The number of aliphatic hydroxyl groups is 5. The van der Waals surface area contributed by atoms with Crippen LogP contribution in [0.4, 0.5) is 0 Å². The zero-order valence-electron chi connectivity index (χ0n) is 25.4. The molecule has 0 aromatic carbocycles. The van der Waals surface area contributed by atoms with Crippen LogP contribution in [-0.4, -0.2) is 122 Å². The number of aliphatic hydroxyl groups excluding tert-OH is 4. The number of carboxylic acid groups (broad SMARTS) is 1. The van der Waals surface area contributed by atoms with Gasteiger partial charge in [-0.15, -0.1) is 0 Å². The number of cyclic esters (lactones) is 1. The Kier molecular flexibility index (Phi) is 11.3. The number of carboxylic acids is 1. The van der Waals surface area contributed by atoms with Gasteiger partial charge in [0.2, 0.25) is 0 Å². The van der Waals surface area contributed by atoms with E-state index < -0.39 is 97.5 Å². The predicted molar refractivity (Wildman–Crippen MR) is 158 cm³/mol. The molecule has 2 bridgehead atoms. The van der Waals surface area contributed by atoms with Crippen LogP contribution in [0.2, 0.25) is 0 Å². The van der Waals surface area contributed by atoms with Crippen molar-refractivity contribution in [2.45, 2.75) is 118 Å². The average Bonchev–Trinajstić information content (AvgIpc) is 3.89. The van der Waals surface area contributed by atoms with E-state index in [1.807, 2.05) is 6.08 Å². The van der Waals surface area contributed by atoms with E-state index >= 15 is 0 Å². The van der Waals surface area contributed by atoms with Gasteiger partial charge < -0.3 is 54.3 Å². The molecule has 254 valence electrons. The Hall–Kier alpha value is -2.76. The molecule has 0 aromatic rings. The maximum absolute atomic E-state index is 12.2. The van der Waals surface area contributed by atoms with Crippen LogP contribution in [0, 0.1) is 5.92 Å². The van der Waals surface area contributed by atoms with Crippen molar-refractivity contribution in [2.75, 3.05) is 0 Å². The lowest BCUT2D eigenvalue weighted by Gasteiger charge is -2.44. The Morgan fingerprint density at radius 2 is 1.70 bits per heavy atom. The fourth-order valence-electron chi connectivity index (χ4n) is 6.07. The van der Waals surface area contributed by atoms with E-state index in [-0.39, 0.29) is 25.4 Å². The van der Waals surface area contributed by atoms with Crippen LogP contribution in [0.3, 0.4) is 0 Å². The van der Waals surface area contributed by atoms with Gasteiger partial charge in [-0.2, -0.15) is 0 Å². The highest BCUT2D eigenvalue weighted by molar-refractivity contribution is 5.82. The number of aliphatic carboxylic acids is 1. The summed E-state index contributed by atoms with van der Waals surface area (Å²) in [5.41, 5.74) is 0. The van der Waals surface area contributed by atoms with E-state index in [1.165, 1.54) is 12.2 Å². The average molecular weight is 650 g/mol. The van der Waals surface area contributed by atoms with Crippen LogP contribution in [0.25, 0.3) is 0 Å². The number of epoxide rings is 1. The number of esters is 1. The maximum atomic E-state index is 12.2. The van der Waals surface area contributed by atoms with E-state index in [0.717, 1.165) is 0 Å². The Morgan fingerprint density at radius 3 is 2.46 bits per heavy atom. The van der Waals surface area contributed by atoms with Gasteiger partial charge in [0.15, 0.2) is 12.1 Å². The number of hydrogen-bond acceptors (Lipinski definition) is 13. The van der Waals surface area contributed by atoms with Gasteiger partial charge in [-0.25, -0.2) is 4.79 Å². The first-order valence-corrected chi connectivity index (χ1v) is 15.6. The molecule has 4 fully saturated rings. The van der Waals surface area contributed by atoms with Crippen molar-refractivity contribution >= 4 is 11.9 Å². The first kappa shape index (κ1) is 34.6. The zero-order chi connectivity index (χ0) is 33.0. The summed E-state index contributed by atoms with van der Waals surface area (Å²) >= 11 is 0. The third-order valence-corrected chi connectivity index (χ3v) is 8.53. The molecule has 7 N–H and O–H groups in total. The van der Waals surface area contributed by atoms with Crippen molar-refractivity contribution in [3.05, 3.63) is 60.8 Å². The molecule has 4 saturated heterocycles. The second-order valence-electron chi connectivity index (χ2n) is 12.4. The largest absolute Gasteiger partial charge is 0.481 e. The second kappa shape index (κ2) is 15.0. The lowest BCUT2D eigenvalue weighted by molar-refractivity contribution is -0.305. The van der Waals surface area contributed by atoms with Crippen LogP contribution in [0.15, 0.2) is 60.8 Å². The van der Waals surface area contributed by atoms with E-state index in [1.54, 1.807) is 49.5 Å². The van der Waals surface area contributed by atoms with Crippen molar-refractivity contribution < 1.29 is 63.9 Å². The molecule has 5 aliphatic heterocycles. The highest BCUT2D eigenvalue weighted by atomic mass is 16.7. The number of fused-ring (bicyclic) bond motifs is 4. The first-order valence-electron chi connectivity index (χ1n) is 15.6. The Morgan fingerprint density at radius 1 is 0.957 bits per heavy atom. The van der Waals surface area contributed by atoms with Gasteiger partial charge in [0.1, 0.15) is 36.6 Å². The Balaban J connectivity index is 1.36. The van der Waals surface area contributed by atoms with Crippen LogP contribution >= 0.6 is 0 Å². The number of carbonyl (C=O) groups excluding carboxylic acids is 1. The van der Waals surface area contributed by atoms with E-state index in [0.29, 0.717) is 6.42 Å². The van der Waals surface area contributed by atoms with Crippen molar-refractivity contribution in [3.63, 3.8) is 0 Å². The number of carbonyl (C=O) groups is 2. The molecule has 0 radical (unpaired) electrons. The molecule has 5 aliphatic rings. The molecule has 3 unspecified atom stereocenters. The second-order valence-corrected chi connectivity index (χ2v) is 12.4. The van der Waals surface area contributed by atoms with Gasteiger partial charge in [-0.3, -0.25) is 10.1 Å². The quantitative estimate of drug-likeness (QED) is 0.154. The zero-order valence-corrected chi connectivity index (χ0v) is 25.4. The van der Waals surface area contributed by atoms with Crippen LogP contribution in [-0.2, 0) is 33.3 Å². The van der Waals surface area contributed by atoms with Crippen molar-refractivity contribution in [2.24, 2.45) is 5.92 Å². The number of nitrogens with one attached hydrogen (secondary N) is 1. The van der Waals surface area contributed by atoms with Gasteiger partial charge in [0.25, 0.3) is 0 Å². The maximum Gasteiger partial charge on any atom is 0.330 e. The molecule has 0 aliphatic carbocycles. The third kappa shape index (κ3) is 9.19. The monoisotopic (exact) mass is 649 g/mol. The number of rotatable bonds is 3. The van der Waals surface area contributed by atoms with Gasteiger partial charge in [0.05, 0.1) is 36.6 Å². The summed E-state index contributed by atoms with van der Waals surface area (Å²) in [7, 11) is 0. The standard InChI is InChI=1S/C32H43NO13/c1-17-9-7-5-3-2-4-6-8-10-19(43-31-28(38)27(37)26-29(33-26)45-31)14-23-25(30(39)40)20(35)16-32(41,46-23)15-18(34)13-22-21(44-22)11-12-24(36)42-17/h2-8,10-12,17-23,25-29,31,33-35,37-38,41H,9,13-16H2,1H3,(H,39,40)/b3-2+,6-4+,7-5+,10-8+,12-11+/t17-,18+,19+,20+,21-,22-,23+,25-,26?,27?,28?,29+,31-,32-/m1/s1. The fourth-order valence-corrected chi connectivity index (χ4v) is 6.07. The first-order chi connectivity index (χ1) is 21.9. The van der Waals surface area contributed by atoms with E-state index in [4.69, 9.17) is 23.7 Å². The Labute approximate surface area is 266 Å². The summed E-state index contributed by atoms with van der Waals surface area (Å²) < 4.78 is 28.5. The molecule has 46 heavy (non-hydrogen) atoms. The summed E-state index contributed by atoms with van der Waals surface area (Å²) in [5.74, 6) is -5.40. The molecule has 0 saturated carbocycles. The molecule has 14 atom stereocenters. The molecular formula is C32H43NO13. The molecule has 14 heteroatoms. The number of ether oxygens (including phenoxy) is 5. The van der Waals surface area contributed by atoms with E-state index in [9.17, 15) is 40.2 Å². The SMILES string of the molecule is C[C@@H]1C/C=C/C=C/C=C/C=C/[C@H](O[C@@H]2O[C@@H]3NC3C(O)C2O)C[C@@H]2O[C@](O)(C[C@@H](O)C[C@H]3O[C@@H]3/C=C/C(=O)O1)C[C@H](O)[C@H]2C(=O)O. The summed E-state index contributed by atoms with van der Waals surface area (Å²) in [6, 6.07) is -0.421. The Bertz CT molecular complexity index is 1230. The number of allylic oxidation sites excluding steroid dienone is 6. The highest BCUT2D eigenvalue weighted by Gasteiger charge is 2.55. The van der Waals surface area contributed by atoms with Crippen molar-refractivity contribution in [1.82, 2.24) is 5.32 Å². The summed E-state index contributed by atoms with van der Waals surface area (Å²) in [4.78, 5) is 24.4. The van der Waals surface area contributed by atoms with Crippen molar-refractivity contribution in [1.29, 1.82) is 0 Å². The van der Waals surface area contributed by atoms with Gasteiger partial charge in [-0.1, -0.05) is 48.6 Å². The molecule has 0 spiro atoms. The highest BCUT2D eigenvalue weighted by Crippen LogP contribution is 2.39. The summed E-state index contributed by atoms with van der Waals surface area (Å²) in [6.07, 6.45) is 5.79. The predicted octanol–water partition coefficient (Wildman–Crippen LogP) is -0.298. The molecule has 14 nitrogen and oxygen atoms in total. The lowest BCUT2D eigenvalue weighted by Crippen LogP contribution is -2.56. The summed E-state index contributed by atoms with van der Waals surface area (Å²) in [5, 5.41) is 66.8. The number of hydrogen-bond donors (Lipinski definition) is 7. The van der Waals surface area contributed by atoms with Crippen LogP contribution in [0.5, 0.6) is 0 Å². The third-order valence-electron chi connectivity index (χ3n) is 8.53. The molecule has 0 amide bonds. The van der Waals surface area contributed by atoms with Crippen LogP contribution in [0.1, 0.15) is 39.0 Å².